The average molecular weight is 198 g/mol. The van der Waals surface area contributed by atoms with Crippen molar-refractivity contribution in [2.75, 3.05) is 12.9 Å². The SMILES string of the molecule is CCOc1cc(CO)ccc1SC. The summed E-state index contributed by atoms with van der Waals surface area (Å²) in [5, 5.41) is 8.93. The maximum atomic E-state index is 8.93. The molecule has 0 aliphatic heterocycles. The van der Waals surface area contributed by atoms with Crippen molar-refractivity contribution in [3.05, 3.63) is 23.8 Å². The highest BCUT2D eigenvalue weighted by Crippen LogP contribution is 2.28. The van der Waals surface area contributed by atoms with Crippen LogP contribution in [0, 0.1) is 0 Å². The Morgan fingerprint density at radius 1 is 1.46 bits per heavy atom. The topological polar surface area (TPSA) is 29.5 Å². The minimum atomic E-state index is 0.0642. The van der Waals surface area contributed by atoms with Crippen molar-refractivity contribution >= 4 is 11.8 Å². The van der Waals surface area contributed by atoms with E-state index in [0.29, 0.717) is 6.61 Å². The summed E-state index contributed by atoms with van der Waals surface area (Å²) in [6, 6.07) is 5.77. The Bertz CT molecular complexity index is 274. The van der Waals surface area contributed by atoms with Gasteiger partial charge in [0.05, 0.1) is 13.2 Å². The molecule has 0 aromatic heterocycles. The van der Waals surface area contributed by atoms with Crippen LogP contribution >= 0.6 is 11.8 Å². The lowest BCUT2D eigenvalue weighted by molar-refractivity contribution is 0.279. The molecule has 0 spiro atoms. The molecule has 0 amide bonds. The number of thioether (sulfide) groups is 1. The molecule has 0 unspecified atom stereocenters. The van der Waals surface area contributed by atoms with Gasteiger partial charge in [0.25, 0.3) is 0 Å². The van der Waals surface area contributed by atoms with Crippen LogP contribution in [0.15, 0.2) is 23.1 Å². The smallest absolute Gasteiger partial charge is 0.133 e. The van der Waals surface area contributed by atoms with Crippen molar-refractivity contribution < 1.29 is 9.84 Å². The zero-order valence-electron chi connectivity index (χ0n) is 7.91. The average Bonchev–Trinajstić information content (AvgIpc) is 2.18. The van der Waals surface area contributed by atoms with Crippen LogP contribution in [0.1, 0.15) is 12.5 Å². The van der Waals surface area contributed by atoms with Gasteiger partial charge in [-0.2, -0.15) is 0 Å². The van der Waals surface area contributed by atoms with Gasteiger partial charge in [-0.3, -0.25) is 0 Å². The van der Waals surface area contributed by atoms with Crippen molar-refractivity contribution in [1.82, 2.24) is 0 Å². The van der Waals surface area contributed by atoms with E-state index in [1.165, 1.54) is 0 Å². The molecule has 1 aromatic rings. The standard InChI is InChI=1S/C10H14O2S/c1-3-12-9-6-8(7-11)4-5-10(9)13-2/h4-6,11H,3,7H2,1-2H3. The summed E-state index contributed by atoms with van der Waals surface area (Å²) in [7, 11) is 0. The number of rotatable bonds is 4. The maximum absolute atomic E-state index is 8.93. The predicted molar refractivity (Wildman–Crippen MR) is 55.3 cm³/mol. The summed E-state index contributed by atoms with van der Waals surface area (Å²) in [5.41, 5.74) is 0.890. The van der Waals surface area contributed by atoms with E-state index in [9.17, 15) is 0 Å². The molecule has 0 bridgehead atoms. The molecule has 1 N–H and O–H groups in total. The molecular formula is C10H14O2S. The third kappa shape index (κ3) is 2.64. The van der Waals surface area contributed by atoms with E-state index in [0.717, 1.165) is 16.2 Å². The Labute approximate surface area is 82.9 Å². The molecule has 0 saturated carbocycles. The fourth-order valence-electron chi connectivity index (χ4n) is 1.09. The van der Waals surface area contributed by atoms with Crippen LogP contribution in [0.3, 0.4) is 0 Å². The van der Waals surface area contributed by atoms with E-state index >= 15 is 0 Å². The number of aliphatic hydroxyl groups excluding tert-OH is 1. The quantitative estimate of drug-likeness (QED) is 0.753. The van der Waals surface area contributed by atoms with Crippen LogP contribution in [0.2, 0.25) is 0 Å². The summed E-state index contributed by atoms with van der Waals surface area (Å²) in [6.07, 6.45) is 2.01. The first-order chi connectivity index (χ1) is 6.31. The first-order valence-electron chi connectivity index (χ1n) is 4.22. The molecule has 0 atom stereocenters. The van der Waals surface area contributed by atoms with Crippen molar-refractivity contribution in [1.29, 1.82) is 0 Å². The van der Waals surface area contributed by atoms with Gasteiger partial charge in [-0.25, -0.2) is 0 Å². The first-order valence-corrected chi connectivity index (χ1v) is 5.44. The molecule has 13 heavy (non-hydrogen) atoms. The molecular weight excluding hydrogens is 184 g/mol. The third-order valence-electron chi connectivity index (χ3n) is 1.71. The van der Waals surface area contributed by atoms with Gasteiger partial charge in [-0.05, 0) is 30.9 Å². The third-order valence-corrected chi connectivity index (χ3v) is 2.49. The minimum Gasteiger partial charge on any atom is -0.493 e. The highest BCUT2D eigenvalue weighted by Gasteiger charge is 2.02. The molecule has 0 fully saturated rings. The Kier molecular flexibility index (Phi) is 4.12. The van der Waals surface area contributed by atoms with Crippen molar-refractivity contribution in [3.63, 3.8) is 0 Å². The lowest BCUT2D eigenvalue weighted by Crippen LogP contribution is -1.94. The van der Waals surface area contributed by atoms with Gasteiger partial charge in [0.15, 0.2) is 0 Å². The Morgan fingerprint density at radius 3 is 2.77 bits per heavy atom. The van der Waals surface area contributed by atoms with Gasteiger partial charge in [-0.1, -0.05) is 6.07 Å². The van der Waals surface area contributed by atoms with Crippen LogP contribution in [-0.2, 0) is 6.61 Å². The second kappa shape index (κ2) is 5.14. The molecule has 72 valence electrons. The van der Waals surface area contributed by atoms with E-state index < -0.39 is 0 Å². The number of ether oxygens (including phenoxy) is 1. The van der Waals surface area contributed by atoms with Crippen molar-refractivity contribution in [2.45, 2.75) is 18.4 Å². The summed E-state index contributed by atoms with van der Waals surface area (Å²) < 4.78 is 5.44. The van der Waals surface area contributed by atoms with Gasteiger partial charge in [0, 0.05) is 4.90 Å². The van der Waals surface area contributed by atoms with Crippen LogP contribution in [0.5, 0.6) is 5.75 Å². The summed E-state index contributed by atoms with van der Waals surface area (Å²) in [5.74, 6) is 0.863. The Balaban J connectivity index is 2.95. The van der Waals surface area contributed by atoms with Crippen LogP contribution < -0.4 is 4.74 Å². The number of aliphatic hydroxyl groups is 1. The van der Waals surface area contributed by atoms with E-state index in [1.54, 1.807) is 11.8 Å². The molecule has 1 rings (SSSR count). The monoisotopic (exact) mass is 198 g/mol. The Morgan fingerprint density at radius 2 is 2.23 bits per heavy atom. The molecule has 3 heteroatoms. The molecule has 0 aliphatic rings. The largest absolute Gasteiger partial charge is 0.493 e. The lowest BCUT2D eigenvalue weighted by atomic mass is 10.2. The highest BCUT2D eigenvalue weighted by molar-refractivity contribution is 7.98. The van der Waals surface area contributed by atoms with Gasteiger partial charge in [0.1, 0.15) is 5.75 Å². The number of hydrogen-bond acceptors (Lipinski definition) is 3. The van der Waals surface area contributed by atoms with Gasteiger partial charge in [-0.15, -0.1) is 11.8 Å². The minimum absolute atomic E-state index is 0.0642. The second-order valence-electron chi connectivity index (χ2n) is 2.58. The first kappa shape index (κ1) is 10.4. The summed E-state index contributed by atoms with van der Waals surface area (Å²) in [6.45, 7) is 2.67. The molecule has 0 radical (unpaired) electrons. The Hall–Kier alpha value is -0.670. The zero-order valence-corrected chi connectivity index (χ0v) is 8.73. The number of hydrogen-bond donors (Lipinski definition) is 1. The van der Waals surface area contributed by atoms with E-state index in [2.05, 4.69) is 0 Å². The predicted octanol–water partition coefficient (Wildman–Crippen LogP) is 2.30. The van der Waals surface area contributed by atoms with Crippen molar-refractivity contribution in [3.8, 4) is 5.75 Å². The molecule has 1 aromatic carbocycles. The fourth-order valence-corrected chi connectivity index (χ4v) is 1.61. The van der Waals surface area contributed by atoms with E-state index in [1.807, 2.05) is 31.4 Å². The summed E-state index contributed by atoms with van der Waals surface area (Å²) >= 11 is 1.65. The maximum Gasteiger partial charge on any atom is 0.133 e. The van der Waals surface area contributed by atoms with Gasteiger partial charge < -0.3 is 9.84 Å². The number of benzene rings is 1. The van der Waals surface area contributed by atoms with Gasteiger partial charge >= 0.3 is 0 Å². The van der Waals surface area contributed by atoms with E-state index in [4.69, 9.17) is 9.84 Å². The second-order valence-corrected chi connectivity index (χ2v) is 3.42. The molecule has 0 saturated heterocycles. The normalized spacial score (nSPS) is 10.1. The van der Waals surface area contributed by atoms with Crippen molar-refractivity contribution in [2.24, 2.45) is 0 Å². The molecule has 0 aliphatic carbocycles. The summed E-state index contributed by atoms with van der Waals surface area (Å²) in [4.78, 5) is 1.11. The van der Waals surface area contributed by atoms with E-state index in [-0.39, 0.29) is 6.61 Å². The molecule has 2 nitrogen and oxygen atoms in total. The molecule has 0 heterocycles. The lowest BCUT2D eigenvalue weighted by Gasteiger charge is -2.09. The van der Waals surface area contributed by atoms with Gasteiger partial charge in [0.2, 0.25) is 0 Å². The van der Waals surface area contributed by atoms with Crippen LogP contribution in [0.4, 0.5) is 0 Å². The fraction of sp³-hybridized carbons (Fsp3) is 0.400. The highest BCUT2D eigenvalue weighted by atomic mass is 32.2. The van der Waals surface area contributed by atoms with Crippen LogP contribution in [-0.4, -0.2) is 18.0 Å². The zero-order chi connectivity index (χ0) is 9.68. The van der Waals surface area contributed by atoms with Crippen LogP contribution in [0.25, 0.3) is 0 Å².